The second kappa shape index (κ2) is 6.21. The third kappa shape index (κ3) is 2.85. The molecule has 2 atom stereocenters. The van der Waals surface area contributed by atoms with Crippen molar-refractivity contribution in [3.63, 3.8) is 0 Å². The van der Waals surface area contributed by atoms with Gasteiger partial charge in [-0.2, -0.15) is 0 Å². The molecule has 0 radical (unpaired) electrons. The summed E-state index contributed by atoms with van der Waals surface area (Å²) >= 11 is 0. The SMILES string of the molecule is CCOc1cccc(C2C(CNC)CCN2C)c1. The summed E-state index contributed by atoms with van der Waals surface area (Å²) in [6, 6.07) is 9.06. The Morgan fingerprint density at radius 3 is 3.00 bits per heavy atom. The number of likely N-dealkylation sites (tertiary alicyclic amines) is 1. The van der Waals surface area contributed by atoms with Crippen LogP contribution in [0.3, 0.4) is 0 Å². The zero-order valence-electron chi connectivity index (χ0n) is 11.6. The van der Waals surface area contributed by atoms with E-state index in [1.54, 1.807) is 0 Å². The Morgan fingerprint density at radius 2 is 2.28 bits per heavy atom. The minimum absolute atomic E-state index is 0.512. The van der Waals surface area contributed by atoms with Crippen LogP contribution in [0.1, 0.15) is 24.9 Å². The first kappa shape index (κ1) is 13.4. The molecule has 1 aromatic carbocycles. The molecule has 0 amide bonds. The Bertz CT molecular complexity index is 379. The third-order valence-electron chi connectivity index (χ3n) is 3.75. The van der Waals surface area contributed by atoms with Gasteiger partial charge in [-0.05, 0) is 64.1 Å². The van der Waals surface area contributed by atoms with Crippen LogP contribution in [0.4, 0.5) is 0 Å². The minimum atomic E-state index is 0.512. The van der Waals surface area contributed by atoms with Gasteiger partial charge in [0.05, 0.1) is 6.61 Å². The van der Waals surface area contributed by atoms with E-state index in [1.165, 1.54) is 18.5 Å². The number of benzene rings is 1. The molecule has 3 heteroatoms. The maximum Gasteiger partial charge on any atom is 0.119 e. The maximum atomic E-state index is 5.60. The van der Waals surface area contributed by atoms with Crippen molar-refractivity contribution in [1.29, 1.82) is 0 Å². The largest absolute Gasteiger partial charge is 0.494 e. The van der Waals surface area contributed by atoms with E-state index in [-0.39, 0.29) is 0 Å². The van der Waals surface area contributed by atoms with Gasteiger partial charge < -0.3 is 10.1 Å². The lowest BCUT2D eigenvalue weighted by molar-refractivity contribution is 0.272. The topological polar surface area (TPSA) is 24.5 Å². The molecule has 0 spiro atoms. The fourth-order valence-corrected chi connectivity index (χ4v) is 2.98. The Kier molecular flexibility index (Phi) is 4.61. The molecule has 0 aliphatic carbocycles. The summed E-state index contributed by atoms with van der Waals surface area (Å²) in [6.45, 7) is 5.01. The Hall–Kier alpha value is -1.06. The summed E-state index contributed by atoms with van der Waals surface area (Å²) in [5.41, 5.74) is 1.38. The van der Waals surface area contributed by atoms with E-state index in [2.05, 4.69) is 35.5 Å². The minimum Gasteiger partial charge on any atom is -0.494 e. The van der Waals surface area contributed by atoms with Gasteiger partial charge in [-0.3, -0.25) is 4.90 Å². The van der Waals surface area contributed by atoms with Crippen molar-refractivity contribution in [2.24, 2.45) is 5.92 Å². The third-order valence-corrected chi connectivity index (χ3v) is 3.75. The van der Waals surface area contributed by atoms with Crippen LogP contribution >= 0.6 is 0 Å². The summed E-state index contributed by atoms with van der Waals surface area (Å²) in [5.74, 6) is 1.68. The molecule has 3 nitrogen and oxygen atoms in total. The smallest absolute Gasteiger partial charge is 0.119 e. The Morgan fingerprint density at radius 1 is 1.44 bits per heavy atom. The van der Waals surface area contributed by atoms with Gasteiger partial charge in [0.15, 0.2) is 0 Å². The standard InChI is InChI=1S/C15H24N2O/c1-4-18-14-7-5-6-12(10-14)15-13(11-16-2)8-9-17(15)3/h5-7,10,13,15-16H,4,8-9,11H2,1-3H3. The average molecular weight is 248 g/mol. The van der Waals surface area contributed by atoms with Crippen LogP contribution in [0, 0.1) is 5.92 Å². The van der Waals surface area contributed by atoms with Crippen LogP contribution in [0.5, 0.6) is 5.75 Å². The molecule has 2 rings (SSSR count). The lowest BCUT2D eigenvalue weighted by Crippen LogP contribution is -2.26. The zero-order valence-corrected chi connectivity index (χ0v) is 11.6. The van der Waals surface area contributed by atoms with E-state index in [0.29, 0.717) is 12.0 Å². The van der Waals surface area contributed by atoms with Crippen molar-refractivity contribution in [2.45, 2.75) is 19.4 Å². The van der Waals surface area contributed by atoms with E-state index in [1.807, 2.05) is 20.0 Å². The van der Waals surface area contributed by atoms with Crippen molar-refractivity contribution in [3.05, 3.63) is 29.8 Å². The number of nitrogens with zero attached hydrogens (tertiary/aromatic N) is 1. The number of hydrogen-bond acceptors (Lipinski definition) is 3. The van der Waals surface area contributed by atoms with Crippen LogP contribution in [0.15, 0.2) is 24.3 Å². The molecule has 100 valence electrons. The molecule has 0 aromatic heterocycles. The highest BCUT2D eigenvalue weighted by Gasteiger charge is 2.32. The first-order valence-electron chi connectivity index (χ1n) is 6.83. The number of hydrogen-bond donors (Lipinski definition) is 1. The highest BCUT2D eigenvalue weighted by Crippen LogP contribution is 2.36. The molecule has 1 aliphatic heterocycles. The van der Waals surface area contributed by atoms with Crippen molar-refractivity contribution in [3.8, 4) is 5.75 Å². The average Bonchev–Trinajstić information content (AvgIpc) is 2.72. The van der Waals surface area contributed by atoms with E-state index in [4.69, 9.17) is 4.74 Å². The van der Waals surface area contributed by atoms with Crippen molar-refractivity contribution in [2.75, 3.05) is 33.8 Å². The molecule has 2 unspecified atom stereocenters. The molecule has 1 N–H and O–H groups in total. The van der Waals surface area contributed by atoms with Gasteiger partial charge in [0, 0.05) is 6.04 Å². The molecule has 18 heavy (non-hydrogen) atoms. The predicted molar refractivity (Wildman–Crippen MR) is 75.0 cm³/mol. The summed E-state index contributed by atoms with van der Waals surface area (Å²) in [4.78, 5) is 2.45. The van der Waals surface area contributed by atoms with Crippen molar-refractivity contribution < 1.29 is 4.74 Å². The van der Waals surface area contributed by atoms with E-state index in [9.17, 15) is 0 Å². The number of rotatable bonds is 5. The summed E-state index contributed by atoms with van der Waals surface area (Å²) < 4.78 is 5.60. The summed E-state index contributed by atoms with van der Waals surface area (Å²) in [6.07, 6.45) is 1.26. The van der Waals surface area contributed by atoms with E-state index in [0.717, 1.165) is 18.9 Å². The van der Waals surface area contributed by atoms with E-state index < -0.39 is 0 Å². The molecule has 1 aromatic rings. The lowest BCUT2D eigenvalue weighted by atomic mass is 9.93. The molecule has 0 saturated carbocycles. The second-order valence-electron chi connectivity index (χ2n) is 5.04. The van der Waals surface area contributed by atoms with Crippen LogP contribution < -0.4 is 10.1 Å². The maximum absolute atomic E-state index is 5.60. The van der Waals surface area contributed by atoms with Gasteiger partial charge in [-0.1, -0.05) is 12.1 Å². The van der Waals surface area contributed by atoms with Crippen LogP contribution in [0.25, 0.3) is 0 Å². The summed E-state index contributed by atoms with van der Waals surface area (Å²) in [7, 11) is 4.25. The molecule has 1 heterocycles. The van der Waals surface area contributed by atoms with Gasteiger partial charge in [-0.25, -0.2) is 0 Å². The molecule has 0 bridgehead atoms. The first-order chi connectivity index (χ1) is 8.76. The molecule has 1 aliphatic rings. The monoisotopic (exact) mass is 248 g/mol. The first-order valence-corrected chi connectivity index (χ1v) is 6.83. The van der Waals surface area contributed by atoms with E-state index >= 15 is 0 Å². The normalized spacial score (nSPS) is 24.4. The zero-order chi connectivity index (χ0) is 13.0. The fraction of sp³-hybridized carbons (Fsp3) is 0.600. The van der Waals surface area contributed by atoms with Crippen LogP contribution in [-0.2, 0) is 0 Å². The summed E-state index contributed by atoms with van der Waals surface area (Å²) in [5, 5.41) is 3.31. The molecular weight excluding hydrogens is 224 g/mol. The van der Waals surface area contributed by atoms with Gasteiger partial charge in [0.2, 0.25) is 0 Å². The lowest BCUT2D eigenvalue weighted by Gasteiger charge is -2.25. The van der Waals surface area contributed by atoms with Crippen LogP contribution in [0.2, 0.25) is 0 Å². The van der Waals surface area contributed by atoms with Gasteiger partial charge in [0.1, 0.15) is 5.75 Å². The second-order valence-corrected chi connectivity index (χ2v) is 5.04. The molecular formula is C15H24N2O. The van der Waals surface area contributed by atoms with Gasteiger partial charge >= 0.3 is 0 Å². The Balaban J connectivity index is 2.19. The predicted octanol–water partition coefficient (Wildman–Crippen LogP) is 2.30. The highest BCUT2D eigenvalue weighted by molar-refractivity contribution is 5.31. The van der Waals surface area contributed by atoms with Crippen molar-refractivity contribution in [1.82, 2.24) is 10.2 Å². The van der Waals surface area contributed by atoms with Crippen molar-refractivity contribution >= 4 is 0 Å². The molecule has 1 fully saturated rings. The molecule has 1 saturated heterocycles. The van der Waals surface area contributed by atoms with Crippen LogP contribution in [-0.4, -0.2) is 38.7 Å². The number of ether oxygens (including phenoxy) is 1. The number of nitrogens with one attached hydrogen (secondary N) is 1. The quantitative estimate of drug-likeness (QED) is 0.865. The van der Waals surface area contributed by atoms with Gasteiger partial charge in [-0.15, -0.1) is 0 Å². The Labute approximate surface area is 110 Å². The van der Waals surface area contributed by atoms with Gasteiger partial charge in [0.25, 0.3) is 0 Å². The fourth-order valence-electron chi connectivity index (χ4n) is 2.98. The highest BCUT2D eigenvalue weighted by atomic mass is 16.5.